The van der Waals surface area contributed by atoms with Gasteiger partial charge in [0.15, 0.2) is 0 Å². The number of benzene rings is 1. The molecule has 0 aliphatic carbocycles. The van der Waals surface area contributed by atoms with Crippen LogP contribution in [0.2, 0.25) is 0 Å². The lowest BCUT2D eigenvalue weighted by Crippen LogP contribution is -2.35. The number of carboxylic acid groups (broad SMARTS) is 1. The zero-order chi connectivity index (χ0) is 14.0. The second-order valence-corrected chi connectivity index (χ2v) is 4.51. The van der Waals surface area contributed by atoms with Gasteiger partial charge >= 0.3 is 5.97 Å². The third kappa shape index (κ3) is 2.45. The molecular formula is C12H14N4O3. The van der Waals surface area contributed by atoms with E-state index in [0.717, 1.165) is 0 Å². The van der Waals surface area contributed by atoms with Crippen LogP contribution in [0.5, 0.6) is 0 Å². The summed E-state index contributed by atoms with van der Waals surface area (Å²) in [7, 11) is 0. The van der Waals surface area contributed by atoms with Crippen molar-refractivity contribution >= 4 is 5.97 Å². The number of carboxylic acids is 1. The van der Waals surface area contributed by atoms with Crippen LogP contribution in [-0.2, 0) is 10.4 Å². The molecule has 0 aliphatic heterocycles. The first-order valence-corrected chi connectivity index (χ1v) is 5.72. The lowest BCUT2D eigenvalue weighted by Gasteiger charge is -2.28. The minimum atomic E-state index is -1.48. The number of hydrogen-bond acceptors (Lipinski definition) is 5. The van der Waals surface area contributed by atoms with Gasteiger partial charge in [0.05, 0.1) is 17.2 Å². The van der Waals surface area contributed by atoms with E-state index in [0.29, 0.717) is 11.3 Å². The van der Waals surface area contributed by atoms with Gasteiger partial charge in [0, 0.05) is 0 Å². The lowest BCUT2D eigenvalue weighted by molar-refractivity contribution is -0.150. The fourth-order valence-electron chi connectivity index (χ4n) is 1.73. The Balaban J connectivity index is 2.41. The van der Waals surface area contributed by atoms with E-state index in [1.54, 1.807) is 24.3 Å². The Morgan fingerprint density at radius 3 is 2.79 bits per heavy atom. The highest BCUT2D eigenvalue weighted by atomic mass is 16.4. The molecule has 2 aromatic rings. The number of tetrazole rings is 1. The molecule has 0 saturated heterocycles. The minimum absolute atomic E-state index is 0.496. The minimum Gasteiger partial charge on any atom is -0.481 e. The molecule has 1 aromatic heterocycles. The standard InChI is InChI=1S/C12H14N4O3/c1-8(11(17)18)12(2,19)9-4-3-5-10(6-9)16-7-13-14-15-16/h3-8,19H,1-2H3,(H,17,18). The van der Waals surface area contributed by atoms with E-state index in [-0.39, 0.29) is 0 Å². The van der Waals surface area contributed by atoms with Crippen LogP contribution in [0.1, 0.15) is 19.4 Å². The third-order valence-electron chi connectivity index (χ3n) is 3.26. The number of aliphatic hydroxyl groups is 1. The maximum Gasteiger partial charge on any atom is 0.309 e. The fourth-order valence-corrected chi connectivity index (χ4v) is 1.73. The fraction of sp³-hybridized carbons (Fsp3) is 0.333. The number of nitrogens with zero attached hydrogens (tertiary/aromatic N) is 4. The van der Waals surface area contributed by atoms with Crippen molar-refractivity contribution in [2.75, 3.05) is 0 Å². The Morgan fingerprint density at radius 1 is 1.47 bits per heavy atom. The largest absolute Gasteiger partial charge is 0.481 e. The summed E-state index contributed by atoms with van der Waals surface area (Å²) in [5, 5.41) is 30.2. The molecule has 2 N–H and O–H groups in total. The molecule has 0 saturated carbocycles. The molecule has 0 fully saturated rings. The monoisotopic (exact) mass is 262 g/mol. The van der Waals surface area contributed by atoms with Gasteiger partial charge in [-0.05, 0) is 42.0 Å². The zero-order valence-corrected chi connectivity index (χ0v) is 10.6. The average molecular weight is 262 g/mol. The number of carbonyl (C=O) groups is 1. The Morgan fingerprint density at radius 2 is 2.21 bits per heavy atom. The van der Waals surface area contributed by atoms with Gasteiger partial charge in [0.1, 0.15) is 6.33 Å². The molecule has 0 bridgehead atoms. The molecule has 1 heterocycles. The van der Waals surface area contributed by atoms with Crippen molar-refractivity contribution in [3.8, 4) is 5.69 Å². The molecule has 2 atom stereocenters. The van der Waals surface area contributed by atoms with Crippen molar-refractivity contribution < 1.29 is 15.0 Å². The summed E-state index contributed by atoms with van der Waals surface area (Å²) in [5.41, 5.74) is -0.327. The number of aromatic nitrogens is 4. The van der Waals surface area contributed by atoms with Gasteiger partial charge in [-0.15, -0.1) is 5.10 Å². The quantitative estimate of drug-likeness (QED) is 0.836. The second kappa shape index (κ2) is 4.77. The number of aliphatic carboxylic acids is 1. The van der Waals surface area contributed by atoms with Crippen molar-refractivity contribution in [1.82, 2.24) is 20.2 Å². The molecule has 7 heteroatoms. The van der Waals surface area contributed by atoms with Crippen molar-refractivity contribution in [1.29, 1.82) is 0 Å². The summed E-state index contributed by atoms with van der Waals surface area (Å²) in [6, 6.07) is 6.82. The first-order chi connectivity index (χ1) is 8.93. The lowest BCUT2D eigenvalue weighted by atomic mass is 9.84. The van der Waals surface area contributed by atoms with Crippen molar-refractivity contribution in [2.24, 2.45) is 5.92 Å². The van der Waals surface area contributed by atoms with E-state index in [9.17, 15) is 9.90 Å². The van der Waals surface area contributed by atoms with Crippen LogP contribution in [-0.4, -0.2) is 36.4 Å². The maximum absolute atomic E-state index is 11.0. The second-order valence-electron chi connectivity index (χ2n) is 4.51. The van der Waals surface area contributed by atoms with Gasteiger partial charge in [0.2, 0.25) is 0 Å². The van der Waals surface area contributed by atoms with Crippen LogP contribution in [0.25, 0.3) is 5.69 Å². The summed E-state index contributed by atoms with van der Waals surface area (Å²) in [6.07, 6.45) is 1.43. The van der Waals surface area contributed by atoms with Crippen molar-refractivity contribution in [2.45, 2.75) is 19.4 Å². The Hall–Kier alpha value is -2.28. The van der Waals surface area contributed by atoms with Crippen LogP contribution < -0.4 is 0 Å². The first-order valence-electron chi connectivity index (χ1n) is 5.72. The van der Waals surface area contributed by atoms with Gasteiger partial charge in [-0.25, -0.2) is 4.68 Å². The van der Waals surface area contributed by atoms with Crippen LogP contribution in [0, 0.1) is 5.92 Å². The molecule has 1 aromatic carbocycles. The molecule has 7 nitrogen and oxygen atoms in total. The Labute approximate surface area is 109 Å². The molecule has 2 unspecified atom stereocenters. The highest BCUT2D eigenvalue weighted by Crippen LogP contribution is 2.30. The molecular weight excluding hydrogens is 248 g/mol. The molecule has 0 aliphatic rings. The third-order valence-corrected chi connectivity index (χ3v) is 3.26. The van der Waals surface area contributed by atoms with E-state index in [2.05, 4.69) is 15.5 Å². The molecule has 0 radical (unpaired) electrons. The van der Waals surface area contributed by atoms with Gasteiger partial charge < -0.3 is 10.2 Å². The summed E-state index contributed by atoms with van der Waals surface area (Å²) in [5.74, 6) is -1.99. The smallest absolute Gasteiger partial charge is 0.309 e. The molecule has 2 rings (SSSR count). The Bertz CT molecular complexity index is 580. The van der Waals surface area contributed by atoms with Gasteiger partial charge in [-0.1, -0.05) is 12.1 Å². The van der Waals surface area contributed by atoms with Crippen LogP contribution in [0.15, 0.2) is 30.6 Å². The van der Waals surface area contributed by atoms with Crippen LogP contribution in [0.4, 0.5) is 0 Å². The predicted molar refractivity (Wildman–Crippen MR) is 65.5 cm³/mol. The topological polar surface area (TPSA) is 101 Å². The maximum atomic E-state index is 11.0. The molecule has 0 amide bonds. The highest BCUT2D eigenvalue weighted by Gasteiger charge is 2.35. The van der Waals surface area contributed by atoms with Crippen LogP contribution >= 0.6 is 0 Å². The normalized spacial score (nSPS) is 15.7. The van der Waals surface area contributed by atoms with E-state index >= 15 is 0 Å². The summed E-state index contributed by atoms with van der Waals surface area (Å²) >= 11 is 0. The SMILES string of the molecule is CC(C(=O)O)C(C)(O)c1cccc(-n2cnnn2)c1. The summed E-state index contributed by atoms with van der Waals surface area (Å²) in [6.45, 7) is 2.94. The molecule has 19 heavy (non-hydrogen) atoms. The molecule has 0 spiro atoms. The van der Waals surface area contributed by atoms with Gasteiger partial charge in [-0.2, -0.15) is 0 Å². The van der Waals surface area contributed by atoms with Crippen molar-refractivity contribution in [3.63, 3.8) is 0 Å². The predicted octanol–water partition coefficient (Wildman–Crippen LogP) is 0.590. The van der Waals surface area contributed by atoms with E-state index in [1.807, 2.05) is 0 Å². The van der Waals surface area contributed by atoms with Crippen LogP contribution in [0.3, 0.4) is 0 Å². The van der Waals surface area contributed by atoms with E-state index < -0.39 is 17.5 Å². The zero-order valence-electron chi connectivity index (χ0n) is 10.6. The van der Waals surface area contributed by atoms with E-state index in [4.69, 9.17) is 5.11 Å². The summed E-state index contributed by atoms with van der Waals surface area (Å²) in [4.78, 5) is 11.0. The number of rotatable bonds is 4. The average Bonchev–Trinajstić information content (AvgIpc) is 2.91. The van der Waals surface area contributed by atoms with E-state index in [1.165, 1.54) is 24.9 Å². The Kier molecular flexibility index (Phi) is 3.30. The number of hydrogen-bond donors (Lipinski definition) is 2. The van der Waals surface area contributed by atoms with Gasteiger partial charge in [0.25, 0.3) is 0 Å². The molecule has 100 valence electrons. The van der Waals surface area contributed by atoms with Crippen molar-refractivity contribution in [3.05, 3.63) is 36.2 Å². The first kappa shape index (κ1) is 13.2. The van der Waals surface area contributed by atoms with Gasteiger partial charge in [-0.3, -0.25) is 4.79 Å². The summed E-state index contributed by atoms with van der Waals surface area (Å²) < 4.78 is 1.44. The highest BCUT2D eigenvalue weighted by molar-refractivity contribution is 5.71.